The minimum Gasteiger partial charge on any atom is -0.495 e. The predicted octanol–water partition coefficient (Wildman–Crippen LogP) is 3.15. The molecule has 0 bridgehead atoms. The maximum Gasteiger partial charge on any atom is 0.303 e. The third-order valence-electron chi connectivity index (χ3n) is 2.47. The number of halogens is 1. The molecule has 0 saturated heterocycles. The van der Waals surface area contributed by atoms with Gasteiger partial charge < -0.3 is 14.6 Å². The van der Waals surface area contributed by atoms with Gasteiger partial charge in [-0.1, -0.05) is 11.6 Å². The highest BCUT2D eigenvalue weighted by Gasteiger charge is 2.10. The topological polar surface area (TPSA) is 55.8 Å². The highest BCUT2D eigenvalue weighted by atomic mass is 35.5. The minimum atomic E-state index is -0.799. The third-order valence-corrected chi connectivity index (χ3v) is 2.77. The van der Waals surface area contributed by atoms with Crippen LogP contribution in [0.5, 0.6) is 11.5 Å². The van der Waals surface area contributed by atoms with Crippen LogP contribution < -0.4 is 9.47 Å². The van der Waals surface area contributed by atoms with E-state index in [9.17, 15) is 4.79 Å². The summed E-state index contributed by atoms with van der Waals surface area (Å²) in [5.41, 5.74) is 0.906. The van der Waals surface area contributed by atoms with Gasteiger partial charge in [-0.25, -0.2) is 0 Å². The molecule has 0 amide bonds. The SMILES string of the molecule is CCOc1cc(OC)c(Cl)cc1CCCC(=O)O. The molecule has 0 aliphatic carbocycles. The Labute approximate surface area is 111 Å². The van der Waals surface area contributed by atoms with Crippen molar-refractivity contribution in [2.45, 2.75) is 26.2 Å². The molecular formula is C13H17ClO4. The molecule has 0 saturated carbocycles. The first-order chi connectivity index (χ1) is 8.58. The minimum absolute atomic E-state index is 0.134. The summed E-state index contributed by atoms with van der Waals surface area (Å²) in [5.74, 6) is 0.457. The Kier molecular flexibility index (Phi) is 5.78. The van der Waals surface area contributed by atoms with Gasteiger partial charge in [0.25, 0.3) is 0 Å². The number of rotatable bonds is 7. The van der Waals surface area contributed by atoms with Gasteiger partial charge in [-0.05, 0) is 31.4 Å². The van der Waals surface area contributed by atoms with Gasteiger partial charge in [-0.15, -0.1) is 0 Å². The Balaban J connectivity index is 2.86. The Morgan fingerprint density at radius 3 is 2.67 bits per heavy atom. The Bertz CT molecular complexity index is 418. The van der Waals surface area contributed by atoms with Crippen LogP contribution in [-0.4, -0.2) is 24.8 Å². The number of carboxylic acids is 1. The zero-order valence-corrected chi connectivity index (χ0v) is 11.3. The van der Waals surface area contributed by atoms with Crippen molar-refractivity contribution in [3.8, 4) is 11.5 Å². The molecule has 0 aliphatic heterocycles. The zero-order chi connectivity index (χ0) is 13.5. The standard InChI is InChI=1S/C13H17ClO4/c1-3-18-11-8-12(17-2)10(14)7-9(11)5-4-6-13(15)16/h7-8H,3-6H2,1-2H3,(H,15,16). The number of methoxy groups -OCH3 is 1. The van der Waals surface area contributed by atoms with Crippen LogP contribution in [-0.2, 0) is 11.2 Å². The van der Waals surface area contributed by atoms with Crippen molar-refractivity contribution in [2.24, 2.45) is 0 Å². The van der Waals surface area contributed by atoms with Crippen molar-refractivity contribution in [1.82, 2.24) is 0 Å². The first-order valence-corrected chi connectivity index (χ1v) is 6.17. The Morgan fingerprint density at radius 1 is 1.39 bits per heavy atom. The third kappa shape index (κ3) is 4.11. The van der Waals surface area contributed by atoms with Crippen LogP contribution in [0.15, 0.2) is 12.1 Å². The van der Waals surface area contributed by atoms with Crippen LogP contribution in [0.3, 0.4) is 0 Å². The van der Waals surface area contributed by atoms with Gasteiger partial charge in [0.2, 0.25) is 0 Å². The van der Waals surface area contributed by atoms with E-state index in [2.05, 4.69) is 0 Å². The Morgan fingerprint density at radius 2 is 2.11 bits per heavy atom. The summed E-state index contributed by atoms with van der Waals surface area (Å²) in [5, 5.41) is 9.13. The zero-order valence-electron chi connectivity index (χ0n) is 10.5. The molecule has 4 nitrogen and oxygen atoms in total. The molecule has 100 valence electrons. The summed E-state index contributed by atoms with van der Waals surface area (Å²) in [6, 6.07) is 3.51. The van der Waals surface area contributed by atoms with Crippen LogP contribution in [0.2, 0.25) is 5.02 Å². The van der Waals surface area contributed by atoms with Crippen LogP contribution in [0.1, 0.15) is 25.3 Å². The van der Waals surface area contributed by atoms with Gasteiger partial charge >= 0.3 is 5.97 Å². The molecule has 0 spiro atoms. The van der Waals surface area contributed by atoms with Crippen molar-refractivity contribution in [2.75, 3.05) is 13.7 Å². The molecule has 1 N–H and O–H groups in total. The fourth-order valence-electron chi connectivity index (χ4n) is 1.65. The lowest BCUT2D eigenvalue weighted by molar-refractivity contribution is -0.137. The number of hydrogen-bond donors (Lipinski definition) is 1. The first-order valence-electron chi connectivity index (χ1n) is 5.79. The second-order valence-corrected chi connectivity index (χ2v) is 4.18. The van der Waals surface area contributed by atoms with Crippen molar-refractivity contribution >= 4 is 17.6 Å². The van der Waals surface area contributed by atoms with Crippen molar-refractivity contribution < 1.29 is 19.4 Å². The quantitative estimate of drug-likeness (QED) is 0.828. The molecule has 1 aromatic rings. The molecule has 18 heavy (non-hydrogen) atoms. The number of carboxylic acid groups (broad SMARTS) is 1. The predicted molar refractivity (Wildman–Crippen MR) is 69.7 cm³/mol. The lowest BCUT2D eigenvalue weighted by Crippen LogP contribution is -2.00. The lowest BCUT2D eigenvalue weighted by Gasteiger charge is -2.13. The van der Waals surface area contributed by atoms with E-state index in [1.807, 2.05) is 6.92 Å². The molecule has 5 heteroatoms. The Hall–Kier alpha value is -1.42. The average molecular weight is 273 g/mol. The van der Waals surface area contributed by atoms with Crippen molar-refractivity contribution in [3.05, 3.63) is 22.7 Å². The number of carbonyl (C=O) groups is 1. The van der Waals surface area contributed by atoms with Gasteiger partial charge in [0.1, 0.15) is 11.5 Å². The molecule has 1 rings (SSSR count). The molecule has 1 aromatic carbocycles. The van der Waals surface area contributed by atoms with E-state index >= 15 is 0 Å². The summed E-state index contributed by atoms with van der Waals surface area (Å²) in [4.78, 5) is 10.5. The van der Waals surface area contributed by atoms with Crippen LogP contribution in [0.25, 0.3) is 0 Å². The maximum atomic E-state index is 10.5. The summed E-state index contributed by atoms with van der Waals surface area (Å²) in [6.07, 6.45) is 1.30. The van der Waals surface area contributed by atoms with E-state index in [1.54, 1.807) is 19.2 Å². The fraction of sp³-hybridized carbons (Fsp3) is 0.462. The lowest BCUT2D eigenvalue weighted by atomic mass is 10.1. The smallest absolute Gasteiger partial charge is 0.303 e. The largest absolute Gasteiger partial charge is 0.495 e. The van der Waals surface area contributed by atoms with Gasteiger partial charge in [-0.3, -0.25) is 4.79 Å². The molecule has 0 atom stereocenters. The van der Waals surface area contributed by atoms with E-state index in [0.717, 1.165) is 5.56 Å². The average Bonchev–Trinajstić information content (AvgIpc) is 2.32. The molecule has 0 heterocycles. The van der Waals surface area contributed by atoms with Crippen LogP contribution in [0, 0.1) is 0 Å². The van der Waals surface area contributed by atoms with Gasteiger partial charge in [-0.2, -0.15) is 0 Å². The van der Waals surface area contributed by atoms with Crippen molar-refractivity contribution in [3.63, 3.8) is 0 Å². The van der Waals surface area contributed by atoms with E-state index in [-0.39, 0.29) is 6.42 Å². The first kappa shape index (κ1) is 14.6. The van der Waals surface area contributed by atoms with Crippen LogP contribution in [0.4, 0.5) is 0 Å². The van der Waals surface area contributed by atoms with Gasteiger partial charge in [0.05, 0.1) is 18.7 Å². The van der Waals surface area contributed by atoms with E-state index in [0.29, 0.717) is 36.0 Å². The monoisotopic (exact) mass is 272 g/mol. The fourth-order valence-corrected chi connectivity index (χ4v) is 1.91. The second kappa shape index (κ2) is 7.11. The number of aryl methyl sites for hydroxylation is 1. The molecule has 0 unspecified atom stereocenters. The highest BCUT2D eigenvalue weighted by Crippen LogP contribution is 2.33. The molecule has 0 aliphatic rings. The number of aliphatic carboxylic acids is 1. The molecular weight excluding hydrogens is 256 g/mol. The maximum absolute atomic E-state index is 10.5. The number of benzene rings is 1. The highest BCUT2D eigenvalue weighted by molar-refractivity contribution is 6.32. The molecule has 0 fully saturated rings. The van der Waals surface area contributed by atoms with Gasteiger partial charge in [0.15, 0.2) is 0 Å². The number of ether oxygens (including phenoxy) is 2. The van der Waals surface area contributed by atoms with Gasteiger partial charge in [0, 0.05) is 12.5 Å². The molecule has 0 radical (unpaired) electrons. The number of hydrogen-bond acceptors (Lipinski definition) is 3. The van der Waals surface area contributed by atoms with E-state index in [1.165, 1.54) is 0 Å². The van der Waals surface area contributed by atoms with Crippen LogP contribution >= 0.6 is 11.6 Å². The summed E-state index contributed by atoms with van der Waals surface area (Å²) in [7, 11) is 1.54. The van der Waals surface area contributed by atoms with Crippen molar-refractivity contribution in [1.29, 1.82) is 0 Å². The normalized spacial score (nSPS) is 10.2. The summed E-state index contributed by atoms with van der Waals surface area (Å²) >= 11 is 6.05. The second-order valence-electron chi connectivity index (χ2n) is 3.77. The molecule has 0 aromatic heterocycles. The van der Waals surface area contributed by atoms with E-state index in [4.69, 9.17) is 26.2 Å². The summed E-state index contributed by atoms with van der Waals surface area (Å²) in [6.45, 7) is 2.43. The van der Waals surface area contributed by atoms with E-state index < -0.39 is 5.97 Å². The summed E-state index contributed by atoms with van der Waals surface area (Å²) < 4.78 is 10.6.